The maximum Gasteiger partial charge on any atom is 0.414 e. The summed E-state index contributed by atoms with van der Waals surface area (Å²) in [4.78, 5) is 26.6. The third-order valence-corrected chi connectivity index (χ3v) is 5.23. The van der Waals surface area contributed by atoms with Crippen LogP contribution in [0.1, 0.15) is 7.43 Å². The molecular formula is C19H28F2N6O4S. The van der Waals surface area contributed by atoms with Crippen LogP contribution in [0.4, 0.5) is 25.0 Å². The maximum atomic E-state index is 14.9. The molecule has 1 aromatic rings. The molecule has 2 aliphatic rings. The zero-order chi connectivity index (χ0) is 22.5. The van der Waals surface area contributed by atoms with E-state index in [0.29, 0.717) is 6.54 Å². The molecule has 1 atom stereocenters. The number of cyclic esters (lactones) is 1. The van der Waals surface area contributed by atoms with E-state index in [9.17, 15) is 18.4 Å². The van der Waals surface area contributed by atoms with Crippen LogP contribution < -0.4 is 26.3 Å². The van der Waals surface area contributed by atoms with Crippen LogP contribution in [0.25, 0.3) is 0 Å². The second kappa shape index (κ2) is 11.2. The maximum absolute atomic E-state index is 14.9. The minimum absolute atomic E-state index is 0. The van der Waals surface area contributed by atoms with Crippen molar-refractivity contribution < 1.29 is 27.8 Å². The summed E-state index contributed by atoms with van der Waals surface area (Å²) in [6, 6.07) is 2.19. The summed E-state index contributed by atoms with van der Waals surface area (Å²) in [5, 5.41) is 4.26. The number of methoxy groups -OCH3 is 1. The van der Waals surface area contributed by atoms with Gasteiger partial charge in [0.15, 0.2) is 11.6 Å². The van der Waals surface area contributed by atoms with Gasteiger partial charge in [-0.2, -0.15) is 0 Å². The van der Waals surface area contributed by atoms with E-state index in [1.807, 2.05) is 0 Å². The van der Waals surface area contributed by atoms with Crippen LogP contribution in [0.3, 0.4) is 0 Å². The minimum Gasteiger partial charge on any atom is -0.474 e. The van der Waals surface area contributed by atoms with Gasteiger partial charge in [-0.3, -0.25) is 14.7 Å². The average molecular weight is 475 g/mol. The molecule has 0 spiro atoms. The van der Waals surface area contributed by atoms with E-state index in [4.69, 9.17) is 27.4 Å². The number of hydrogen-bond donors (Lipinski definition) is 3. The van der Waals surface area contributed by atoms with E-state index in [2.05, 4.69) is 10.7 Å². The Labute approximate surface area is 190 Å². The minimum atomic E-state index is -0.816. The van der Waals surface area contributed by atoms with Gasteiger partial charge in [-0.25, -0.2) is 19.0 Å². The summed E-state index contributed by atoms with van der Waals surface area (Å²) >= 11 is 4.87. The molecule has 2 fully saturated rings. The molecule has 0 bridgehead atoms. The third kappa shape index (κ3) is 5.72. The number of rotatable bonds is 5. The molecule has 13 heteroatoms. The normalized spacial score (nSPS) is 18.6. The van der Waals surface area contributed by atoms with Crippen molar-refractivity contribution in [3.8, 4) is 0 Å². The molecule has 1 aromatic carbocycles. The van der Waals surface area contributed by atoms with Crippen molar-refractivity contribution in [2.24, 2.45) is 5.73 Å². The number of hydrazine groups is 1. The fourth-order valence-corrected chi connectivity index (χ4v) is 3.48. The van der Waals surface area contributed by atoms with Crippen molar-refractivity contribution in [3.63, 3.8) is 0 Å². The lowest BCUT2D eigenvalue weighted by Crippen LogP contribution is -2.46. The summed E-state index contributed by atoms with van der Waals surface area (Å²) < 4.78 is 39.8. The first-order valence-corrected chi connectivity index (χ1v) is 10.0. The number of nitrogens with one attached hydrogen (secondary N) is 2. The summed E-state index contributed by atoms with van der Waals surface area (Å²) in [7, 11) is 1.41. The van der Waals surface area contributed by atoms with Crippen LogP contribution in [-0.2, 0) is 14.3 Å². The van der Waals surface area contributed by atoms with Gasteiger partial charge in [-0.15, -0.1) is 0 Å². The Hall–Kier alpha value is -2.77. The molecule has 3 rings (SSSR count). The van der Waals surface area contributed by atoms with Gasteiger partial charge in [0.1, 0.15) is 11.8 Å². The lowest BCUT2D eigenvalue weighted by molar-refractivity contribution is -0.132. The van der Waals surface area contributed by atoms with Gasteiger partial charge in [0, 0.05) is 31.8 Å². The van der Waals surface area contributed by atoms with Crippen LogP contribution >= 0.6 is 12.2 Å². The lowest BCUT2D eigenvalue weighted by atomic mass is 10.2. The monoisotopic (exact) mass is 474 g/mol. The molecule has 2 amide bonds. The second-order valence-electron chi connectivity index (χ2n) is 6.89. The van der Waals surface area contributed by atoms with Crippen molar-refractivity contribution in [1.29, 1.82) is 0 Å². The molecule has 2 aliphatic heterocycles. The number of carbonyl (C=O) groups is 2. The van der Waals surface area contributed by atoms with Crippen LogP contribution in [0.15, 0.2) is 12.1 Å². The SMILES string of the molecule is C.COC(=S)NC[C@H]1CN(c2cc(F)c(N3CCNN(C(=O)CN)CC3)c(F)c2)C(=O)O1. The number of carbonyl (C=O) groups excluding carboxylic acids is 2. The lowest BCUT2D eigenvalue weighted by Gasteiger charge is -2.25. The van der Waals surface area contributed by atoms with Gasteiger partial charge in [0.25, 0.3) is 5.17 Å². The quantitative estimate of drug-likeness (QED) is 0.527. The first-order chi connectivity index (χ1) is 14.8. The van der Waals surface area contributed by atoms with Crippen LogP contribution in [0, 0.1) is 11.6 Å². The highest BCUT2D eigenvalue weighted by molar-refractivity contribution is 7.80. The number of ether oxygens (including phenoxy) is 2. The molecule has 0 unspecified atom stereocenters. The number of benzene rings is 1. The smallest absolute Gasteiger partial charge is 0.414 e. The number of nitrogens with two attached hydrogens (primary N) is 1. The molecule has 2 saturated heterocycles. The number of amides is 2. The van der Waals surface area contributed by atoms with E-state index >= 15 is 0 Å². The molecule has 178 valence electrons. The number of anilines is 2. The topological polar surface area (TPSA) is 112 Å². The fourth-order valence-electron chi connectivity index (χ4n) is 3.40. The third-order valence-electron chi connectivity index (χ3n) is 4.92. The molecule has 0 aliphatic carbocycles. The van der Waals surface area contributed by atoms with Crippen molar-refractivity contribution in [3.05, 3.63) is 23.8 Å². The van der Waals surface area contributed by atoms with E-state index in [-0.39, 0.29) is 69.2 Å². The summed E-state index contributed by atoms with van der Waals surface area (Å²) in [5.74, 6) is -1.94. The Morgan fingerprint density at radius 3 is 2.66 bits per heavy atom. The number of hydrogen-bond acceptors (Lipinski definition) is 8. The van der Waals surface area contributed by atoms with Crippen molar-refractivity contribution >= 4 is 40.8 Å². The highest BCUT2D eigenvalue weighted by Gasteiger charge is 2.34. The van der Waals surface area contributed by atoms with Gasteiger partial charge in [-0.1, -0.05) is 7.43 Å². The number of thiocarbonyl (C=S) groups is 1. The summed E-state index contributed by atoms with van der Waals surface area (Å²) in [6.45, 7) is 1.16. The molecule has 4 N–H and O–H groups in total. The van der Waals surface area contributed by atoms with Crippen LogP contribution in [0.2, 0.25) is 0 Å². The molecule has 2 heterocycles. The average Bonchev–Trinajstić information content (AvgIpc) is 2.95. The highest BCUT2D eigenvalue weighted by Crippen LogP contribution is 2.31. The Kier molecular flexibility index (Phi) is 8.92. The first kappa shape index (κ1) is 25.5. The predicted octanol–water partition coefficient (Wildman–Crippen LogP) is 0.559. The number of halogens is 2. The van der Waals surface area contributed by atoms with Gasteiger partial charge in [-0.05, 0) is 12.2 Å². The molecule has 0 aromatic heterocycles. The zero-order valence-electron chi connectivity index (χ0n) is 16.9. The summed E-state index contributed by atoms with van der Waals surface area (Å²) in [6.07, 6.45) is -1.27. The van der Waals surface area contributed by atoms with E-state index in [0.717, 1.165) is 17.0 Å². The molecule has 32 heavy (non-hydrogen) atoms. The van der Waals surface area contributed by atoms with Crippen molar-refractivity contribution in [2.45, 2.75) is 13.5 Å². The van der Waals surface area contributed by atoms with Gasteiger partial charge >= 0.3 is 6.09 Å². The van der Waals surface area contributed by atoms with E-state index < -0.39 is 23.8 Å². The van der Waals surface area contributed by atoms with Gasteiger partial charge < -0.3 is 25.4 Å². The molecular weight excluding hydrogens is 446 g/mol. The fraction of sp³-hybridized carbons (Fsp3) is 0.526. The predicted molar refractivity (Wildman–Crippen MR) is 119 cm³/mol. The Balaban J connectivity index is 0.00000363. The first-order valence-electron chi connectivity index (χ1n) is 9.62. The molecule has 0 saturated carbocycles. The standard InChI is InChI=1S/C18H24F2N6O4S.CH4/c1-29-17(31)22-9-12-10-25(18(28)30-12)11-6-13(19)16(14(20)7-11)24-3-2-23-26(5-4-24)15(27)8-21;/h6-7,12,23H,2-5,8-10,21H2,1H3,(H,22,31);1H4/t12-;/m0./s1. The second-order valence-corrected chi connectivity index (χ2v) is 7.26. The molecule has 10 nitrogen and oxygen atoms in total. The van der Waals surface area contributed by atoms with Crippen molar-refractivity contribution in [2.75, 3.05) is 62.7 Å². The Bertz CT molecular complexity index is 838. The zero-order valence-corrected chi connectivity index (χ0v) is 17.7. The Morgan fingerprint density at radius 2 is 2.03 bits per heavy atom. The van der Waals surface area contributed by atoms with Crippen LogP contribution in [-0.4, -0.2) is 81.2 Å². The number of nitrogens with zero attached hydrogens (tertiary/aromatic N) is 3. The van der Waals surface area contributed by atoms with Crippen molar-refractivity contribution in [1.82, 2.24) is 15.8 Å². The highest BCUT2D eigenvalue weighted by atomic mass is 32.1. The van der Waals surface area contributed by atoms with Crippen LogP contribution in [0.5, 0.6) is 0 Å². The largest absolute Gasteiger partial charge is 0.474 e. The molecule has 0 radical (unpaired) electrons. The summed E-state index contributed by atoms with van der Waals surface area (Å²) in [5.41, 5.74) is 8.08. The van der Waals surface area contributed by atoms with Gasteiger partial charge in [0.2, 0.25) is 5.91 Å². The van der Waals surface area contributed by atoms with Gasteiger partial charge in [0.05, 0.1) is 39.0 Å². The Morgan fingerprint density at radius 1 is 1.34 bits per heavy atom. The van der Waals surface area contributed by atoms with E-state index in [1.165, 1.54) is 17.0 Å². The van der Waals surface area contributed by atoms with E-state index in [1.54, 1.807) is 0 Å².